The summed E-state index contributed by atoms with van der Waals surface area (Å²) < 4.78 is 0. The summed E-state index contributed by atoms with van der Waals surface area (Å²) in [5.41, 5.74) is 0. The highest BCUT2D eigenvalue weighted by molar-refractivity contribution is 7.81. The molecule has 1 aliphatic heterocycles. The summed E-state index contributed by atoms with van der Waals surface area (Å²) in [4.78, 5) is 2.63. The molecule has 0 bridgehead atoms. The van der Waals surface area contributed by atoms with Crippen molar-refractivity contribution in [3.05, 3.63) is 0 Å². The topological polar surface area (TPSA) is 3.24 Å². The average Bonchev–Trinajstić information content (AvgIpc) is 2.56. The maximum Gasteiger partial charge on any atom is 0.0165 e. The summed E-state index contributed by atoms with van der Waals surface area (Å²) in [5.74, 6) is 3.81. The van der Waals surface area contributed by atoms with Crippen LogP contribution in [0, 0.1) is 23.7 Å². The maximum atomic E-state index is 4.69. The Labute approximate surface area is 92.7 Å². The Balaban J connectivity index is 1.78. The maximum absolute atomic E-state index is 4.69. The van der Waals surface area contributed by atoms with Crippen LogP contribution in [0.25, 0.3) is 0 Å². The molecule has 1 saturated heterocycles. The molecular weight excluding hydrogens is 190 g/mol. The van der Waals surface area contributed by atoms with Crippen molar-refractivity contribution in [2.45, 2.75) is 37.5 Å². The van der Waals surface area contributed by atoms with Crippen molar-refractivity contribution >= 4 is 12.6 Å². The Morgan fingerprint density at radius 1 is 1.29 bits per heavy atom. The zero-order valence-corrected chi connectivity index (χ0v) is 10.1. The van der Waals surface area contributed by atoms with Gasteiger partial charge in [0.05, 0.1) is 0 Å². The molecule has 0 aromatic heterocycles. The first-order valence-electron chi connectivity index (χ1n) is 6.08. The number of thiol groups is 1. The first-order chi connectivity index (χ1) is 6.70. The van der Waals surface area contributed by atoms with Crippen LogP contribution in [0.4, 0.5) is 0 Å². The number of likely N-dealkylation sites (tertiary alicyclic amines) is 1. The monoisotopic (exact) mass is 211 g/mol. The van der Waals surface area contributed by atoms with Gasteiger partial charge in [0.15, 0.2) is 0 Å². The molecule has 3 rings (SSSR count). The van der Waals surface area contributed by atoms with Gasteiger partial charge in [0, 0.05) is 17.8 Å². The summed E-state index contributed by atoms with van der Waals surface area (Å²) in [6, 6.07) is 0.875. The largest absolute Gasteiger partial charge is 0.303 e. The van der Waals surface area contributed by atoms with Crippen LogP contribution in [0.2, 0.25) is 0 Å². The van der Waals surface area contributed by atoms with Gasteiger partial charge in [-0.1, -0.05) is 13.3 Å². The second-order valence-corrected chi connectivity index (χ2v) is 6.31. The van der Waals surface area contributed by atoms with E-state index in [0.29, 0.717) is 5.25 Å². The lowest BCUT2D eigenvalue weighted by Crippen LogP contribution is -2.32. The van der Waals surface area contributed by atoms with E-state index in [4.69, 9.17) is 0 Å². The van der Waals surface area contributed by atoms with Crippen molar-refractivity contribution in [2.24, 2.45) is 23.7 Å². The number of hydrogen-bond acceptors (Lipinski definition) is 2. The highest BCUT2D eigenvalue weighted by atomic mass is 32.1. The highest BCUT2D eigenvalue weighted by Crippen LogP contribution is 2.54. The third kappa shape index (κ3) is 1.19. The van der Waals surface area contributed by atoms with Crippen LogP contribution in [0.5, 0.6) is 0 Å². The molecule has 6 atom stereocenters. The highest BCUT2D eigenvalue weighted by Gasteiger charge is 2.56. The van der Waals surface area contributed by atoms with Gasteiger partial charge in [0.25, 0.3) is 0 Å². The molecule has 0 aromatic carbocycles. The van der Waals surface area contributed by atoms with Crippen LogP contribution in [0.3, 0.4) is 0 Å². The molecule has 3 fully saturated rings. The molecule has 6 unspecified atom stereocenters. The number of fused-ring (bicyclic) bond motifs is 1. The molecule has 0 aromatic rings. The van der Waals surface area contributed by atoms with Gasteiger partial charge in [-0.15, -0.1) is 0 Å². The van der Waals surface area contributed by atoms with Gasteiger partial charge in [0.2, 0.25) is 0 Å². The second-order valence-electron chi connectivity index (χ2n) is 5.71. The van der Waals surface area contributed by atoms with E-state index in [1.165, 1.54) is 25.8 Å². The average molecular weight is 211 g/mol. The van der Waals surface area contributed by atoms with Gasteiger partial charge >= 0.3 is 0 Å². The molecule has 80 valence electrons. The van der Waals surface area contributed by atoms with Gasteiger partial charge in [-0.3, -0.25) is 0 Å². The molecule has 0 amide bonds. The summed E-state index contributed by atoms with van der Waals surface area (Å²) >= 11 is 4.69. The summed E-state index contributed by atoms with van der Waals surface area (Å²) in [6.45, 7) is 3.73. The van der Waals surface area contributed by atoms with Crippen LogP contribution < -0.4 is 0 Å². The quantitative estimate of drug-likeness (QED) is 0.651. The standard InChI is InChI=1S/C12H21NS/c1-7-10(12(7)14)11-9-5-3-4-8(9)6-13(11)2/h7-12,14H,3-6H2,1-2H3. The van der Waals surface area contributed by atoms with Crippen LogP contribution >= 0.6 is 12.6 Å². The van der Waals surface area contributed by atoms with Gasteiger partial charge in [-0.05, 0) is 43.6 Å². The number of rotatable bonds is 1. The van der Waals surface area contributed by atoms with Crippen molar-refractivity contribution in [2.75, 3.05) is 13.6 Å². The van der Waals surface area contributed by atoms with E-state index in [1.54, 1.807) is 0 Å². The predicted octanol–water partition coefficient (Wildman–Crippen LogP) is 2.28. The third-order valence-corrected chi connectivity index (χ3v) is 5.80. The van der Waals surface area contributed by atoms with E-state index in [2.05, 4.69) is 31.5 Å². The number of hydrogen-bond donors (Lipinski definition) is 1. The molecule has 1 nitrogen and oxygen atoms in total. The van der Waals surface area contributed by atoms with Crippen molar-refractivity contribution < 1.29 is 0 Å². The van der Waals surface area contributed by atoms with Crippen LogP contribution in [0.15, 0.2) is 0 Å². The van der Waals surface area contributed by atoms with Crippen molar-refractivity contribution in [1.29, 1.82) is 0 Å². The summed E-state index contributed by atoms with van der Waals surface area (Å²) in [5, 5.41) is 0.696. The molecule has 14 heavy (non-hydrogen) atoms. The minimum atomic E-state index is 0.696. The van der Waals surface area contributed by atoms with Crippen molar-refractivity contribution in [3.63, 3.8) is 0 Å². The first-order valence-corrected chi connectivity index (χ1v) is 6.60. The first kappa shape index (κ1) is 9.53. The van der Waals surface area contributed by atoms with E-state index >= 15 is 0 Å². The molecule has 2 aliphatic carbocycles. The third-order valence-electron chi connectivity index (χ3n) is 4.98. The molecule has 1 heterocycles. The lowest BCUT2D eigenvalue weighted by atomic mass is 9.90. The minimum absolute atomic E-state index is 0.696. The Hall–Kier alpha value is 0.310. The minimum Gasteiger partial charge on any atom is -0.303 e. The van der Waals surface area contributed by atoms with Gasteiger partial charge in [-0.25, -0.2) is 0 Å². The molecular formula is C12H21NS. The Morgan fingerprint density at radius 2 is 2.00 bits per heavy atom. The Bertz CT molecular complexity index is 234. The van der Waals surface area contributed by atoms with Crippen molar-refractivity contribution in [3.8, 4) is 0 Å². The van der Waals surface area contributed by atoms with Gasteiger partial charge in [-0.2, -0.15) is 12.6 Å². The molecule has 0 N–H and O–H groups in total. The van der Waals surface area contributed by atoms with E-state index < -0.39 is 0 Å². The summed E-state index contributed by atoms with van der Waals surface area (Å²) in [7, 11) is 2.33. The van der Waals surface area contributed by atoms with E-state index in [9.17, 15) is 0 Å². The lowest BCUT2D eigenvalue weighted by Gasteiger charge is -2.24. The Kier molecular flexibility index (Phi) is 2.14. The Morgan fingerprint density at radius 3 is 2.64 bits per heavy atom. The van der Waals surface area contributed by atoms with E-state index in [0.717, 1.165) is 29.7 Å². The fraction of sp³-hybridized carbons (Fsp3) is 1.00. The van der Waals surface area contributed by atoms with Gasteiger partial charge < -0.3 is 4.90 Å². The van der Waals surface area contributed by atoms with E-state index in [-0.39, 0.29) is 0 Å². The van der Waals surface area contributed by atoms with E-state index in [1.807, 2.05) is 0 Å². The van der Waals surface area contributed by atoms with Crippen LogP contribution in [-0.4, -0.2) is 29.8 Å². The zero-order chi connectivity index (χ0) is 9.87. The fourth-order valence-corrected chi connectivity index (χ4v) is 4.67. The fourth-order valence-electron chi connectivity index (χ4n) is 4.12. The molecule has 0 spiro atoms. The molecule has 2 heteroatoms. The number of nitrogens with zero attached hydrogens (tertiary/aromatic N) is 1. The van der Waals surface area contributed by atoms with Crippen molar-refractivity contribution in [1.82, 2.24) is 4.90 Å². The smallest absolute Gasteiger partial charge is 0.0165 e. The predicted molar refractivity (Wildman–Crippen MR) is 62.7 cm³/mol. The second kappa shape index (κ2) is 3.15. The SMILES string of the molecule is CC1C(S)C1C1C2CCCC2CN1C. The molecule has 0 radical (unpaired) electrons. The molecule has 3 aliphatic rings. The van der Waals surface area contributed by atoms with Crippen LogP contribution in [0.1, 0.15) is 26.2 Å². The molecule has 2 saturated carbocycles. The zero-order valence-electron chi connectivity index (χ0n) is 9.19. The lowest BCUT2D eigenvalue weighted by molar-refractivity contribution is 0.232. The van der Waals surface area contributed by atoms with Gasteiger partial charge in [0.1, 0.15) is 0 Å². The van der Waals surface area contributed by atoms with Crippen LogP contribution in [-0.2, 0) is 0 Å². The summed E-state index contributed by atoms with van der Waals surface area (Å²) in [6.07, 6.45) is 4.46. The normalized spacial score (nSPS) is 57.6.